The van der Waals surface area contributed by atoms with E-state index in [2.05, 4.69) is 5.92 Å². The van der Waals surface area contributed by atoms with Crippen LogP contribution in [0, 0.1) is 18.3 Å². The van der Waals surface area contributed by atoms with E-state index in [-0.39, 0.29) is 11.7 Å². The molecule has 0 bridgehead atoms. The van der Waals surface area contributed by atoms with Crippen LogP contribution < -0.4 is 0 Å². The van der Waals surface area contributed by atoms with Gasteiger partial charge < -0.3 is 0 Å². The third-order valence-corrected chi connectivity index (χ3v) is 4.69. The second kappa shape index (κ2) is 2.24. The van der Waals surface area contributed by atoms with Gasteiger partial charge in [0, 0.05) is 11.7 Å². The quantitative estimate of drug-likeness (QED) is 0.380. The van der Waals surface area contributed by atoms with E-state index in [9.17, 15) is 8.42 Å². The molecule has 0 aromatic heterocycles. The molecule has 1 aliphatic rings. The van der Waals surface area contributed by atoms with Crippen LogP contribution in [-0.4, -0.2) is 19.9 Å². The summed E-state index contributed by atoms with van der Waals surface area (Å²) < 4.78 is 21.3. The molecule has 4 heteroatoms. The highest BCUT2D eigenvalue weighted by molar-refractivity contribution is 8.72. The van der Waals surface area contributed by atoms with Crippen molar-refractivity contribution in [2.45, 2.75) is 0 Å². The second-order valence-electron chi connectivity index (χ2n) is 1.87. The summed E-state index contributed by atoms with van der Waals surface area (Å²) in [6.45, 7) is 0. The van der Waals surface area contributed by atoms with E-state index in [1.165, 1.54) is 0 Å². The van der Waals surface area contributed by atoms with Crippen molar-refractivity contribution in [3.8, 4) is 12.3 Å². The normalized spacial score (nSPS) is 31.7. The maximum Gasteiger partial charge on any atom is 0.202 e. The minimum atomic E-state index is -2.83. The standard InChI is InChI=1S/C5H6O2S2/c1-2-5-3-8-9(6,7)4-5/h1,5H,3-4H2. The van der Waals surface area contributed by atoms with E-state index in [0.717, 1.165) is 10.8 Å². The Labute approximate surface area is 58.3 Å². The maximum atomic E-state index is 10.7. The number of hydrogen-bond donors (Lipinski definition) is 0. The Morgan fingerprint density at radius 1 is 1.67 bits per heavy atom. The molecule has 0 aromatic rings. The maximum absolute atomic E-state index is 10.7. The topological polar surface area (TPSA) is 34.1 Å². The molecule has 1 atom stereocenters. The summed E-state index contributed by atoms with van der Waals surface area (Å²) in [6, 6.07) is 0. The molecule has 0 radical (unpaired) electrons. The molecule has 1 heterocycles. The fourth-order valence-electron chi connectivity index (χ4n) is 0.625. The van der Waals surface area contributed by atoms with Crippen LogP contribution in [-0.2, 0) is 8.87 Å². The predicted molar refractivity (Wildman–Crippen MR) is 38.6 cm³/mol. The summed E-state index contributed by atoms with van der Waals surface area (Å²) in [7, 11) is -1.87. The van der Waals surface area contributed by atoms with E-state index in [0.29, 0.717) is 5.75 Å². The van der Waals surface area contributed by atoms with Crippen molar-refractivity contribution >= 4 is 19.7 Å². The zero-order chi connectivity index (χ0) is 6.91. The van der Waals surface area contributed by atoms with Gasteiger partial charge in [-0.25, -0.2) is 8.42 Å². The van der Waals surface area contributed by atoms with Crippen LogP contribution in [0.4, 0.5) is 0 Å². The van der Waals surface area contributed by atoms with Crippen molar-refractivity contribution in [1.82, 2.24) is 0 Å². The summed E-state index contributed by atoms with van der Waals surface area (Å²) in [4.78, 5) is 0. The molecule has 0 amide bonds. The van der Waals surface area contributed by atoms with Crippen LogP contribution in [0.2, 0.25) is 0 Å². The first-order valence-electron chi connectivity index (χ1n) is 2.47. The fraction of sp³-hybridized carbons (Fsp3) is 0.600. The van der Waals surface area contributed by atoms with Gasteiger partial charge in [0.1, 0.15) is 0 Å². The predicted octanol–water partition coefficient (Wildman–Crippen LogP) is 0.312. The SMILES string of the molecule is C#CC1CSS(=O)(=O)C1. The summed E-state index contributed by atoms with van der Waals surface area (Å²) in [6.07, 6.45) is 5.03. The Balaban J connectivity index is 2.72. The molecule has 1 rings (SSSR count). The Kier molecular flexibility index (Phi) is 1.73. The second-order valence-corrected chi connectivity index (χ2v) is 6.12. The summed E-state index contributed by atoms with van der Waals surface area (Å²) in [5.74, 6) is 3.09. The molecule has 0 aromatic carbocycles. The summed E-state index contributed by atoms with van der Waals surface area (Å²) >= 11 is 0. The first kappa shape index (κ1) is 6.97. The Morgan fingerprint density at radius 3 is 2.56 bits per heavy atom. The minimum absolute atomic E-state index is 0.0556. The van der Waals surface area contributed by atoms with Crippen LogP contribution in [0.15, 0.2) is 0 Å². The molecule has 0 spiro atoms. The molecule has 0 saturated carbocycles. The molecule has 1 unspecified atom stereocenters. The molecule has 9 heavy (non-hydrogen) atoms. The Morgan fingerprint density at radius 2 is 2.33 bits per heavy atom. The fourth-order valence-corrected chi connectivity index (χ4v) is 4.06. The van der Waals surface area contributed by atoms with Crippen molar-refractivity contribution in [2.24, 2.45) is 5.92 Å². The number of rotatable bonds is 0. The van der Waals surface area contributed by atoms with E-state index in [1.54, 1.807) is 0 Å². The molecular weight excluding hydrogens is 156 g/mol. The van der Waals surface area contributed by atoms with Gasteiger partial charge in [-0.05, 0) is 10.8 Å². The van der Waals surface area contributed by atoms with Crippen LogP contribution >= 0.6 is 10.8 Å². The van der Waals surface area contributed by atoms with Crippen molar-refractivity contribution in [2.75, 3.05) is 11.5 Å². The van der Waals surface area contributed by atoms with Crippen LogP contribution in [0.5, 0.6) is 0 Å². The van der Waals surface area contributed by atoms with Gasteiger partial charge in [0.2, 0.25) is 8.87 Å². The number of terminal acetylenes is 1. The van der Waals surface area contributed by atoms with Gasteiger partial charge in [0.05, 0.1) is 5.75 Å². The number of hydrogen-bond acceptors (Lipinski definition) is 3. The van der Waals surface area contributed by atoms with Crippen molar-refractivity contribution < 1.29 is 8.42 Å². The zero-order valence-electron chi connectivity index (χ0n) is 4.70. The average molecular weight is 162 g/mol. The van der Waals surface area contributed by atoms with Crippen molar-refractivity contribution in [3.63, 3.8) is 0 Å². The zero-order valence-corrected chi connectivity index (χ0v) is 6.33. The highest BCUT2D eigenvalue weighted by atomic mass is 33.1. The molecule has 1 saturated heterocycles. The van der Waals surface area contributed by atoms with E-state index in [4.69, 9.17) is 6.42 Å². The molecule has 1 fully saturated rings. The van der Waals surface area contributed by atoms with E-state index in [1.807, 2.05) is 0 Å². The van der Waals surface area contributed by atoms with Gasteiger partial charge in [0.15, 0.2) is 0 Å². The monoisotopic (exact) mass is 162 g/mol. The Bertz CT molecular complexity index is 234. The van der Waals surface area contributed by atoms with Crippen LogP contribution in [0.3, 0.4) is 0 Å². The largest absolute Gasteiger partial charge is 0.217 e. The molecule has 1 aliphatic heterocycles. The Hall–Kier alpha value is -0.140. The molecule has 0 aliphatic carbocycles. The third kappa shape index (κ3) is 1.63. The van der Waals surface area contributed by atoms with Gasteiger partial charge in [-0.2, -0.15) is 0 Å². The first-order chi connectivity index (χ1) is 4.14. The van der Waals surface area contributed by atoms with Crippen molar-refractivity contribution in [1.29, 1.82) is 0 Å². The molecule has 0 N–H and O–H groups in total. The third-order valence-electron chi connectivity index (χ3n) is 1.09. The molecule has 2 nitrogen and oxygen atoms in total. The lowest BCUT2D eigenvalue weighted by molar-refractivity contribution is 0.608. The van der Waals surface area contributed by atoms with Crippen LogP contribution in [0.25, 0.3) is 0 Å². The minimum Gasteiger partial charge on any atom is -0.217 e. The van der Waals surface area contributed by atoms with Gasteiger partial charge in [-0.3, -0.25) is 0 Å². The molecule has 50 valence electrons. The lowest BCUT2D eigenvalue weighted by Gasteiger charge is -1.88. The summed E-state index contributed by atoms with van der Waals surface area (Å²) in [5, 5.41) is 0. The van der Waals surface area contributed by atoms with Crippen LogP contribution in [0.1, 0.15) is 0 Å². The highest BCUT2D eigenvalue weighted by Crippen LogP contribution is 2.27. The smallest absolute Gasteiger partial charge is 0.202 e. The van der Waals surface area contributed by atoms with Crippen molar-refractivity contribution in [3.05, 3.63) is 0 Å². The van der Waals surface area contributed by atoms with Gasteiger partial charge >= 0.3 is 0 Å². The lowest BCUT2D eigenvalue weighted by Crippen LogP contribution is -2.01. The van der Waals surface area contributed by atoms with Gasteiger partial charge in [0.25, 0.3) is 0 Å². The van der Waals surface area contributed by atoms with Gasteiger partial charge in [-0.1, -0.05) is 0 Å². The van der Waals surface area contributed by atoms with E-state index < -0.39 is 8.87 Å². The summed E-state index contributed by atoms with van der Waals surface area (Å²) in [5.41, 5.74) is 0. The van der Waals surface area contributed by atoms with E-state index >= 15 is 0 Å². The highest BCUT2D eigenvalue weighted by Gasteiger charge is 2.26. The van der Waals surface area contributed by atoms with Gasteiger partial charge in [-0.15, -0.1) is 12.3 Å². The molecular formula is C5H6O2S2. The lowest BCUT2D eigenvalue weighted by atomic mass is 10.2. The average Bonchev–Trinajstić information content (AvgIpc) is 2.10. The first-order valence-corrected chi connectivity index (χ1v) is 5.63.